The molecule has 0 fully saturated rings. The molecule has 1 aliphatic carbocycles. The highest BCUT2D eigenvalue weighted by Crippen LogP contribution is 2.37. The lowest BCUT2D eigenvalue weighted by atomic mass is 9.88. The molecule has 0 N–H and O–H groups in total. The summed E-state index contributed by atoms with van der Waals surface area (Å²) < 4.78 is 0. The molecule has 0 aliphatic heterocycles. The van der Waals surface area contributed by atoms with Crippen LogP contribution < -0.4 is 0 Å². The van der Waals surface area contributed by atoms with E-state index >= 15 is 0 Å². The molecule has 5 rings (SSSR count). The normalized spacial score (nSPS) is 11.8. The second-order valence-electron chi connectivity index (χ2n) is 11.0. The van der Waals surface area contributed by atoms with Gasteiger partial charge in [-0.25, -0.2) is 0 Å². The molecule has 0 spiro atoms. The van der Waals surface area contributed by atoms with Gasteiger partial charge < -0.3 is 0 Å². The maximum absolute atomic E-state index is 12.0. The molecule has 0 radical (unpaired) electrons. The number of ketones is 1. The lowest BCUT2D eigenvalue weighted by molar-refractivity contribution is -0.111. The maximum atomic E-state index is 12.0. The number of carbonyl (C=O) groups excluding carboxylic acids is 1. The summed E-state index contributed by atoms with van der Waals surface area (Å²) in [5, 5.41) is 0. The zero-order valence-electron chi connectivity index (χ0n) is 26.6. The summed E-state index contributed by atoms with van der Waals surface area (Å²) in [7, 11) is 0. The van der Waals surface area contributed by atoms with Crippen molar-refractivity contribution < 1.29 is 6.22 Å². The van der Waals surface area contributed by atoms with Crippen LogP contribution in [0.5, 0.6) is 0 Å². The molecule has 0 saturated carbocycles. The number of benzene rings is 4. The zero-order chi connectivity index (χ0) is 30.9. The van der Waals surface area contributed by atoms with Gasteiger partial charge in [0.15, 0.2) is 5.78 Å². The van der Waals surface area contributed by atoms with Gasteiger partial charge in [0.1, 0.15) is 0 Å². The van der Waals surface area contributed by atoms with Crippen LogP contribution in [0.3, 0.4) is 0 Å². The smallest absolute Gasteiger partial charge is 0.160 e. The summed E-state index contributed by atoms with van der Waals surface area (Å²) in [4.78, 5) is 14.3. The van der Waals surface area contributed by atoms with Crippen molar-refractivity contribution in [3.05, 3.63) is 144 Å². The van der Waals surface area contributed by atoms with Gasteiger partial charge in [0, 0.05) is 28.3 Å². The Morgan fingerprint density at radius 3 is 1.81 bits per heavy atom. The number of carbonyl (C=O) groups is 1. The molecule has 0 aromatic heterocycles. The van der Waals surface area contributed by atoms with Crippen LogP contribution in [0.1, 0.15) is 96.3 Å². The molecular formula is C41H50OS. The van der Waals surface area contributed by atoms with Crippen molar-refractivity contribution in [2.24, 2.45) is 5.92 Å². The van der Waals surface area contributed by atoms with Crippen LogP contribution in [-0.4, -0.2) is 5.78 Å². The Morgan fingerprint density at radius 1 is 0.767 bits per heavy atom. The third-order valence-corrected chi connectivity index (χ3v) is 8.88. The Bertz CT molecular complexity index is 1380. The number of Topliss-reactive ketones (excluding diaryl/α,β-unsaturated/α-hetero) is 1. The minimum Gasteiger partial charge on any atom is -0.294 e. The number of fused-ring (bicyclic) bond motifs is 1. The number of allylic oxidation sites excluding steroid dienone is 3. The molecule has 226 valence electrons. The van der Waals surface area contributed by atoms with E-state index in [4.69, 9.17) is 0 Å². The molecule has 0 bridgehead atoms. The fourth-order valence-corrected chi connectivity index (χ4v) is 5.98. The van der Waals surface area contributed by atoms with Crippen LogP contribution in [0.15, 0.2) is 131 Å². The lowest BCUT2D eigenvalue weighted by Crippen LogP contribution is -2.00. The summed E-state index contributed by atoms with van der Waals surface area (Å²) in [5.74, 6) is 1.61. The highest BCUT2D eigenvalue weighted by molar-refractivity contribution is 7.99. The minimum absolute atomic E-state index is 0. The van der Waals surface area contributed by atoms with E-state index in [0.717, 1.165) is 33.9 Å². The Balaban J connectivity index is 0.000000261. The van der Waals surface area contributed by atoms with E-state index in [9.17, 15) is 4.79 Å². The summed E-state index contributed by atoms with van der Waals surface area (Å²) in [6.45, 7) is 10.6. The van der Waals surface area contributed by atoms with E-state index in [2.05, 4.69) is 131 Å². The van der Waals surface area contributed by atoms with Crippen molar-refractivity contribution in [2.45, 2.75) is 82.4 Å². The molecule has 43 heavy (non-hydrogen) atoms. The number of rotatable bonds is 9. The van der Waals surface area contributed by atoms with Gasteiger partial charge >= 0.3 is 0 Å². The van der Waals surface area contributed by atoms with Gasteiger partial charge in [-0.1, -0.05) is 168 Å². The number of hydrogen-bond donors (Lipinski definition) is 0. The Labute approximate surface area is 266 Å². The SMILES string of the molecule is CC(=O)C1=CCC=Cc2cccc(Sc3ccccc3)c21.CCC(C)CC.CCCC(c1ccccc1)c1ccccc1.[HH]. The Hall–Kier alpha value is -3.62. The van der Waals surface area contributed by atoms with Crippen molar-refractivity contribution in [1.29, 1.82) is 0 Å². The van der Waals surface area contributed by atoms with Crippen LogP contribution in [0.4, 0.5) is 0 Å². The van der Waals surface area contributed by atoms with Crippen LogP contribution in [0.2, 0.25) is 0 Å². The second-order valence-corrected chi connectivity index (χ2v) is 12.1. The average molecular weight is 591 g/mol. The first-order valence-corrected chi connectivity index (χ1v) is 16.6. The first-order chi connectivity index (χ1) is 21.0. The highest BCUT2D eigenvalue weighted by Gasteiger charge is 2.17. The first kappa shape index (κ1) is 33.9. The molecule has 1 aliphatic rings. The summed E-state index contributed by atoms with van der Waals surface area (Å²) in [6.07, 6.45) is 12.1. The van der Waals surface area contributed by atoms with Gasteiger partial charge in [-0.15, -0.1) is 0 Å². The highest BCUT2D eigenvalue weighted by atomic mass is 32.2. The van der Waals surface area contributed by atoms with Crippen molar-refractivity contribution in [1.82, 2.24) is 0 Å². The number of hydrogen-bond acceptors (Lipinski definition) is 2. The summed E-state index contributed by atoms with van der Waals surface area (Å²) in [6, 6.07) is 38.1. The summed E-state index contributed by atoms with van der Waals surface area (Å²) in [5.41, 5.74) is 5.86. The molecule has 4 aromatic rings. The van der Waals surface area contributed by atoms with Crippen molar-refractivity contribution in [3.63, 3.8) is 0 Å². The van der Waals surface area contributed by atoms with Crippen LogP contribution in [0.25, 0.3) is 11.6 Å². The molecule has 0 atom stereocenters. The predicted molar refractivity (Wildman–Crippen MR) is 191 cm³/mol. The van der Waals surface area contributed by atoms with Crippen molar-refractivity contribution in [3.8, 4) is 0 Å². The van der Waals surface area contributed by atoms with E-state index in [1.165, 1.54) is 41.7 Å². The van der Waals surface area contributed by atoms with Crippen molar-refractivity contribution >= 4 is 29.2 Å². The fourth-order valence-electron chi connectivity index (χ4n) is 4.95. The largest absolute Gasteiger partial charge is 0.294 e. The van der Waals surface area contributed by atoms with Gasteiger partial charge in [0.05, 0.1) is 0 Å². The molecule has 2 heteroatoms. The fraction of sp³-hybridized carbons (Fsp3) is 0.293. The van der Waals surface area contributed by atoms with Gasteiger partial charge in [-0.2, -0.15) is 0 Å². The third kappa shape index (κ3) is 10.9. The van der Waals surface area contributed by atoms with Gasteiger partial charge in [-0.3, -0.25) is 4.79 Å². The summed E-state index contributed by atoms with van der Waals surface area (Å²) >= 11 is 1.71. The molecule has 0 amide bonds. The van der Waals surface area contributed by atoms with E-state index in [1.54, 1.807) is 18.7 Å². The van der Waals surface area contributed by atoms with Crippen LogP contribution in [0, 0.1) is 5.92 Å². The molecule has 4 aromatic carbocycles. The standard InChI is InChI=1S/C19H16OS.C16H18.C6H14.H2/c1-14(20)17-12-6-5-8-15-9-7-13-18(19(15)17)21-16-10-3-2-4-11-16;1-2-9-16(14-10-5-3-6-11-14)15-12-7-4-8-13-15;1-4-6(3)5-2;/h2-5,7-13H,6H2,1H3;3-8,10-13,16H,2,9H2,1H3;6H,4-5H2,1-3H3;1H. The lowest BCUT2D eigenvalue weighted by Gasteiger charge is -2.17. The topological polar surface area (TPSA) is 17.1 Å². The van der Waals surface area contributed by atoms with Gasteiger partial charge in [0.2, 0.25) is 0 Å². The van der Waals surface area contributed by atoms with Crippen LogP contribution in [-0.2, 0) is 4.79 Å². The predicted octanol–water partition coefficient (Wildman–Crippen LogP) is 12.5. The molecular weight excluding hydrogens is 541 g/mol. The van der Waals surface area contributed by atoms with Crippen LogP contribution >= 0.6 is 11.8 Å². The molecule has 0 heterocycles. The van der Waals surface area contributed by atoms with Gasteiger partial charge in [0.25, 0.3) is 0 Å². The Kier molecular flexibility index (Phi) is 14.8. The van der Waals surface area contributed by atoms with Crippen molar-refractivity contribution in [2.75, 3.05) is 0 Å². The molecule has 0 saturated heterocycles. The Morgan fingerprint density at radius 2 is 1.33 bits per heavy atom. The first-order valence-electron chi connectivity index (χ1n) is 15.8. The molecule has 0 unspecified atom stereocenters. The quantitative estimate of drug-likeness (QED) is 0.193. The third-order valence-electron chi connectivity index (χ3n) is 7.81. The monoisotopic (exact) mass is 590 g/mol. The average Bonchev–Trinajstić information content (AvgIpc) is 3.29. The van der Waals surface area contributed by atoms with Gasteiger partial charge in [-0.05, 0) is 60.6 Å². The van der Waals surface area contributed by atoms with E-state index in [1.807, 2.05) is 24.3 Å². The zero-order valence-corrected chi connectivity index (χ0v) is 27.4. The second kappa shape index (κ2) is 18.8. The minimum atomic E-state index is 0. The van der Waals surface area contributed by atoms with E-state index < -0.39 is 0 Å². The van der Waals surface area contributed by atoms with E-state index in [-0.39, 0.29) is 7.21 Å². The van der Waals surface area contributed by atoms with E-state index in [0.29, 0.717) is 5.92 Å². The molecule has 1 nitrogen and oxygen atoms in total. The maximum Gasteiger partial charge on any atom is 0.160 e.